The first-order valence-electron chi connectivity index (χ1n) is 6.68. The number of rotatable bonds is 4. The van der Waals surface area contributed by atoms with Gasteiger partial charge >= 0.3 is 15.5 Å². The van der Waals surface area contributed by atoms with E-state index in [1.165, 1.54) is 10.8 Å². The molecule has 140 valence electrons. The number of halogens is 5. The minimum Gasteiger partial charge on any atom is -0.456 e. The fourth-order valence-electron chi connectivity index (χ4n) is 1.85. The van der Waals surface area contributed by atoms with Crippen molar-refractivity contribution in [3.05, 3.63) is 51.7 Å². The maximum atomic E-state index is 13.4. The van der Waals surface area contributed by atoms with E-state index in [-0.39, 0.29) is 21.5 Å². The van der Waals surface area contributed by atoms with E-state index in [2.05, 4.69) is 15.9 Å². The third-order valence-electron chi connectivity index (χ3n) is 3.00. The zero-order valence-corrected chi connectivity index (χ0v) is 15.2. The molecule has 0 spiro atoms. The van der Waals surface area contributed by atoms with E-state index >= 15 is 0 Å². The van der Waals surface area contributed by atoms with Crippen LogP contribution >= 0.6 is 15.9 Å². The van der Waals surface area contributed by atoms with Crippen molar-refractivity contribution >= 4 is 31.6 Å². The number of benzene rings is 2. The molecule has 12 heteroatoms. The smallest absolute Gasteiger partial charge is 0.456 e. The van der Waals surface area contributed by atoms with Gasteiger partial charge in [-0.25, -0.2) is 4.39 Å². The lowest BCUT2D eigenvalue weighted by atomic mass is 10.2. The lowest BCUT2D eigenvalue weighted by molar-refractivity contribution is -0.0429. The van der Waals surface area contributed by atoms with Crippen molar-refractivity contribution in [3.8, 4) is 23.6 Å². The summed E-state index contributed by atoms with van der Waals surface area (Å²) in [5.41, 5.74) is -6.74. The summed E-state index contributed by atoms with van der Waals surface area (Å²) in [5, 5.41) is 18.0. The lowest BCUT2D eigenvalue weighted by Gasteiger charge is -2.14. The Morgan fingerprint density at radius 1 is 1.11 bits per heavy atom. The summed E-state index contributed by atoms with van der Waals surface area (Å²) in [6.45, 7) is 0. The zero-order chi connectivity index (χ0) is 20.4. The summed E-state index contributed by atoms with van der Waals surface area (Å²) < 4.78 is 79.8. The number of ether oxygens (including phenoxy) is 1. The van der Waals surface area contributed by atoms with Crippen LogP contribution in [0.1, 0.15) is 11.1 Å². The predicted octanol–water partition coefficient (Wildman–Crippen LogP) is 4.39. The lowest BCUT2D eigenvalue weighted by Crippen LogP contribution is -2.30. The molecule has 0 atom stereocenters. The van der Waals surface area contributed by atoms with Crippen LogP contribution in [0.5, 0.6) is 11.5 Å². The highest BCUT2D eigenvalue weighted by Crippen LogP contribution is 2.37. The Morgan fingerprint density at radius 3 is 2.33 bits per heavy atom. The highest BCUT2D eigenvalue weighted by Gasteiger charge is 2.46. The third-order valence-corrected chi connectivity index (χ3v) is 4.88. The molecule has 2 aromatic carbocycles. The summed E-state index contributed by atoms with van der Waals surface area (Å²) in [5.74, 6) is -0.994. The molecule has 0 aromatic heterocycles. The molecule has 0 aliphatic heterocycles. The summed E-state index contributed by atoms with van der Waals surface area (Å²) in [6, 6.07) is 8.31. The number of hydrogen-bond donors (Lipinski definition) is 1. The van der Waals surface area contributed by atoms with Gasteiger partial charge < -0.3 is 4.74 Å². The number of alkyl halides is 3. The first-order valence-corrected chi connectivity index (χ1v) is 8.96. The average molecular weight is 464 g/mol. The van der Waals surface area contributed by atoms with Crippen LogP contribution in [0.3, 0.4) is 0 Å². The summed E-state index contributed by atoms with van der Waals surface area (Å²) in [7, 11) is -5.73. The number of nitriles is 2. The second-order valence-corrected chi connectivity index (χ2v) is 7.32. The summed E-state index contributed by atoms with van der Waals surface area (Å²) in [4.78, 5) is 0. The fourth-order valence-corrected chi connectivity index (χ4v) is 2.94. The maximum Gasteiger partial charge on any atom is 0.516 e. The molecule has 2 rings (SSSR count). The van der Waals surface area contributed by atoms with Crippen molar-refractivity contribution in [1.82, 2.24) is 0 Å². The molecule has 0 radical (unpaired) electrons. The monoisotopic (exact) mass is 463 g/mol. The normalized spacial score (nSPS) is 11.4. The number of hydrogen-bond acceptors (Lipinski definition) is 5. The minimum atomic E-state index is -5.73. The van der Waals surface area contributed by atoms with Gasteiger partial charge in [-0.2, -0.15) is 32.1 Å². The first-order chi connectivity index (χ1) is 12.5. The molecule has 2 aromatic rings. The van der Waals surface area contributed by atoms with Crippen molar-refractivity contribution in [1.29, 1.82) is 10.5 Å². The van der Waals surface area contributed by atoms with Gasteiger partial charge in [0.25, 0.3) is 0 Å². The van der Waals surface area contributed by atoms with Crippen LogP contribution in [0.4, 0.5) is 23.2 Å². The van der Waals surface area contributed by atoms with Crippen LogP contribution in [0.25, 0.3) is 0 Å². The van der Waals surface area contributed by atoms with Crippen molar-refractivity contribution in [3.63, 3.8) is 0 Å². The highest BCUT2D eigenvalue weighted by molar-refractivity contribution is 9.10. The van der Waals surface area contributed by atoms with Crippen LogP contribution in [0, 0.1) is 28.5 Å². The Morgan fingerprint density at radius 2 is 1.78 bits per heavy atom. The number of nitrogens with one attached hydrogen (secondary N) is 1. The van der Waals surface area contributed by atoms with Crippen LogP contribution in [0.15, 0.2) is 34.8 Å². The zero-order valence-electron chi connectivity index (χ0n) is 12.8. The van der Waals surface area contributed by atoms with Crippen LogP contribution in [-0.4, -0.2) is 13.9 Å². The summed E-state index contributed by atoms with van der Waals surface area (Å²) >= 11 is 2.94. The van der Waals surface area contributed by atoms with Crippen LogP contribution < -0.4 is 9.46 Å². The van der Waals surface area contributed by atoms with E-state index in [1.54, 1.807) is 12.1 Å². The van der Waals surface area contributed by atoms with E-state index in [0.29, 0.717) is 0 Å². The Hall–Kier alpha value is -2.83. The molecule has 0 aliphatic carbocycles. The van der Waals surface area contributed by atoms with Crippen molar-refractivity contribution in [2.75, 3.05) is 4.72 Å². The van der Waals surface area contributed by atoms with Crippen molar-refractivity contribution in [2.24, 2.45) is 0 Å². The SMILES string of the molecule is N#Cc1cc(F)cc(Oc2ccc(NS(=O)(=O)C(F)(F)F)c(C#N)c2Br)c1. The van der Waals surface area contributed by atoms with Crippen LogP contribution in [0.2, 0.25) is 0 Å². The molecular formula is C15H6BrF4N3O3S. The van der Waals surface area contributed by atoms with Crippen molar-refractivity contribution in [2.45, 2.75) is 5.51 Å². The Labute approximate surface area is 158 Å². The molecule has 0 bridgehead atoms. The molecule has 0 amide bonds. The van der Waals surface area contributed by atoms with Gasteiger partial charge in [-0.05, 0) is 40.2 Å². The highest BCUT2D eigenvalue weighted by atomic mass is 79.9. The molecule has 0 unspecified atom stereocenters. The summed E-state index contributed by atoms with van der Waals surface area (Å²) in [6.07, 6.45) is 0. The van der Waals surface area contributed by atoms with Gasteiger partial charge in [0.05, 0.1) is 27.4 Å². The Balaban J connectivity index is 2.45. The Bertz CT molecular complexity index is 1090. The average Bonchev–Trinajstić information content (AvgIpc) is 2.56. The second-order valence-electron chi connectivity index (χ2n) is 4.85. The van der Waals surface area contributed by atoms with Gasteiger partial charge in [0.15, 0.2) is 0 Å². The van der Waals surface area contributed by atoms with E-state index in [4.69, 9.17) is 15.3 Å². The molecule has 1 N–H and O–H groups in total. The standard InChI is InChI=1S/C15H6BrF4N3O3S/c16-14-11(7-22)12(23-27(24,25)15(18,19)20)1-2-13(14)26-10-4-8(6-21)3-9(17)5-10/h1-5,23H. The molecule has 0 heterocycles. The van der Waals surface area contributed by atoms with Gasteiger partial charge in [0.1, 0.15) is 23.4 Å². The molecule has 0 aliphatic rings. The van der Waals surface area contributed by atoms with Gasteiger partial charge in [-0.3, -0.25) is 4.72 Å². The van der Waals surface area contributed by atoms with E-state index in [1.807, 2.05) is 0 Å². The molecule has 0 saturated heterocycles. The first kappa shape index (κ1) is 20.5. The second kappa shape index (κ2) is 7.42. The molecule has 0 fully saturated rings. The number of anilines is 1. The maximum absolute atomic E-state index is 13.4. The number of sulfonamides is 1. The van der Waals surface area contributed by atoms with E-state index in [9.17, 15) is 26.0 Å². The molecular weight excluding hydrogens is 458 g/mol. The molecule has 0 saturated carbocycles. The van der Waals surface area contributed by atoms with Gasteiger partial charge in [0, 0.05) is 6.07 Å². The van der Waals surface area contributed by atoms with Crippen molar-refractivity contribution < 1.29 is 30.7 Å². The quantitative estimate of drug-likeness (QED) is 0.677. The van der Waals surface area contributed by atoms with Gasteiger partial charge in [-0.1, -0.05) is 0 Å². The third kappa shape index (κ3) is 4.48. The number of nitrogens with zero attached hydrogens (tertiary/aromatic N) is 2. The van der Waals surface area contributed by atoms with Crippen LogP contribution in [-0.2, 0) is 10.0 Å². The topological polar surface area (TPSA) is 103 Å². The van der Waals surface area contributed by atoms with E-state index in [0.717, 1.165) is 24.3 Å². The van der Waals surface area contributed by atoms with Gasteiger partial charge in [-0.15, -0.1) is 0 Å². The largest absolute Gasteiger partial charge is 0.516 e. The predicted molar refractivity (Wildman–Crippen MR) is 88.6 cm³/mol. The fraction of sp³-hybridized carbons (Fsp3) is 0.0667. The minimum absolute atomic E-state index is 0.0452. The molecule has 27 heavy (non-hydrogen) atoms. The van der Waals surface area contributed by atoms with E-state index < -0.39 is 32.6 Å². The van der Waals surface area contributed by atoms with Gasteiger partial charge in [0.2, 0.25) is 0 Å². The molecule has 6 nitrogen and oxygen atoms in total. The Kier molecular flexibility index (Phi) is 5.63.